The van der Waals surface area contributed by atoms with Gasteiger partial charge in [0.25, 0.3) is 0 Å². The summed E-state index contributed by atoms with van der Waals surface area (Å²) in [6, 6.07) is 10.0. The van der Waals surface area contributed by atoms with E-state index in [0.29, 0.717) is 12.5 Å². The van der Waals surface area contributed by atoms with Crippen LogP contribution >= 0.6 is 0 Å². The first kappa shape index (κ1) is 20.4. The molecule has 0 spiro atoms. The molecular formula is C23H27N7O2. The summed E-state index contributed by atoms with van der Waals surface area (Å²) in [4.78, 5) is 29.7. The third-order valence-electron chi connectivity index (χ3n) is 6.13. The highest BCUT2D eigenvalue weighted by Gasteiger charge is 2.26. The van der Waals surface area contributed by atoms with Gasteiger partial charge in [0.1, 0.15) is 5.52 Å². The number of carbonyl (C=O) groups is 1. The molecule has 0 saturated carbocycles. The van der Waals surface area contributed by atoms with E-state index in [4.69, 9.17) is 15.5 Å². The van der Waals surface area contributed by atoms with Gasteiger partial charge in [-0.15, -0.1) is 0 Å². The molecule has 0 bridgehead atoms. The number of morpholine rings is 1. The van der Waals surface area contributed by atoms with Gasteiger partial charge in [0.05, 0.1) is 24.4 Å². The minimum Gasteiger partial charge on any atom is -0.378 e. The Hall–Kier alpha value is -3.46. The lowest BCUT2D eigenvalue weighted by Crippen LogP contribution is -2.36. The predicted molar refractivity (Wildman–Crippen MR) is 124 cm³/mol. The van der Waals surface area contributed by atoms with Crippen LogP contribution < -0.4 is 20.9 Å². The van der Waals surface area contributed by atoms with Gasteiger partial charge in [-0.2, -0.15) is 0 Å². The normalized spacial score (nSPS) is 18.8. The van der Waals surface area contributed by atoms with Crippen molar-refractivity contribution in [3.8, 4) is 11.3 Å². The Morgan fingerprint density at radius 3 is 2.66 bits per heavy atom. The number of benzene rings is 1. The standard InChI is InChI=1S/C23H27N7O2/c24-23(31)27-14-16-5-8-30(15-16)22-21-20(25-6-7-26-21)13-19(28-22)17-1-3-18(4-2-17)29-9-11-32-12-10-29/h1-4,6-7,13,16H,5,8-12,14-15H2,(H3,24,27,31). The van der Waals surface area contributed by atoms with E-state index in [2.05, 4.69) is 49.4 Å². The second-order valence-electron chi connectivity index (χ2n) is 8.25. The quantitative estimate of drug-likeness (QED) is 0.633. The molecule has 2 saturated heterocycles. The van der Waals surface area contributed by atoms with Crippen molar-refractivity contribution in [3.63, 3.8) is 0 Å². The maximum atomic E-state index is 11.1. The Bertz CT molecular complexity index is 1100. The highest BCUT2D eigenvalue weighted by atomic mass is 16.5. The topological polar surface area (TPSA) is 110 Å². The molecule has 1 aromatic carbocycles. The number of rotatable bonds is 5. The molecule has 5 rings (SSSR count). The van der Waals surface area contributed by atoms with E-state index in [1.807, 2.05) is 6.07 Å². The van der Waals surface area contributed by atoms with E-state index in [1.54, 1.807) is 12.4 Å². The van der Waals surface area contributed by atoms with Crippen molar-refractivity contribution >= 4 is 28.6 Å². The molecule has 1 unspecified atom stereocenters. The molecule has 4 heterocycles. The molecule has 1 atom stereocenters. The van der Waals surface area contributed by atoms with Gasteiger partial charge in [-0.05, 0) is 30.5 Å². The van der Waals surface area contributed by atoms with Gasteiger partial charge in [0, 0.05) is 56.4 Å². The molecule has 9 nitrogen and oxygen atoms in total. The number of pyridine rings is 1. The van der Waals surface area contributed by atoms with Crippen molar-refractivity contribution < 1.29 is 9.53 Å². The molecule has 0 aliphatic carbocycles. The molecule has 3 aromatic rings. The van der Waals surface area contributed by atoms with Crippen molar-refractivity contribution in [2.45, 2.75) is 6.42 Å². The number of hydrogen-bond acceptors (Lipinski definition) is 7. The molecule has 2 aromatic heterocycles. The van der Waals surface area contributed by atoms with Crippen LogP contribution in [0, 0.1) is 5.92 Å². The molecule has 2 fully saturated rings. The molecule has 0 radical (unpaired) electrons. The molecule has 2 aliphatic rings. The van der Waals surface area contributed by atoms with Crippen molar-refractivity contribution in [2.24, 2.45) is 11.7 Å². The second kappa shape index (κ2) is 8.96. The van der Waals surface area contributed by atoms with E-state index in [0.717, 1.165) is 73.9 Å². The number of nitrogens with zero attached hydrogens (tertiary/aromatic N) is 5. The van der Waals surface area contributed by atoms with E-state index in [-0.39, 0.29) is 0 Å². The van der Waals surface area contributed by atoms with Crippen LogP contribution in [0.2, 0.25) is 0 Å². The van der Waals surface area contributed by atoms with E-state index in [9.17, 15) is 4.79 Å². The third-order valence-corrected chi connectivity index (χ3v) is 6.13. The van der Waals surface area contributed by atoms with Crippen LogP contribution in [0.4, 0.5) is 16.3 Å². The van der Waals surface area contributed by atoms with Crippen LogP contribution in [0.1, 0.15) is 6.42 Å². The minimum absolute atomic E-state index is 0.326. The Morgan fingerprint density at radius 1 is 1.09 bits per heavy atom. The summed E-state index contributed by atoms with van der Waals surface area (Å²) >= 11 is 0. The Labute approximate surface area is 186 Å². The Kier molecular flexibility index (Phi) is 5.72. The molecule has 3 N–H and O–H groups in total. The zero-order chi connectivity index (χ0) is 21.9. The first-order valence-electron chi connectivity index (χ1n) is 11.0. The molecule has 2 amide bonds. The first-order valence-corrected chi connectivity index (χ1v) is 11.0. The number of carbonyl (C=O) groups excluding carboxylic acids is 1. The number of nitrogens with two attached hydrogens (primary N) is 1. The number of ether oxygens (including phenoxy) is 1. The highest BCUT2D eigenvalue weighted by molar-refractivity contribution is 5.89. The van der Waals surface area contributed by atoms with Crippen LogP contribution in [0.5, 0.6) is 0 Å². The monoisotopic (exact) mass is 433 g/mol. The fourth-order valence-electron chi connectivity index (χ4n) is 4.43. The van der Waals surface area contributed by atoms with Crippen molar-refractivity contribution in [1.82, 2.24) is 20.3 Å². The van der Waals surface area contributed by atoms with E-state index < -0.39 is 6.03 Å². The predicted octanol–water partition coefficient (Wildman–Crippen LogP) is 2.02. The van der Waals surface area contributed by atoms with Gasteiger partial charge < -0.3 is 25.6 Å². The van der Waals surface area contributed by atoms with Crippen LogP contribution in [-0.4, -0.2) is 66.9 Å². The van der Waals surface area contributed by atoms with Crippen LogP contribution in [0.25, 0.3) is 22.3 Å². The lowest BCUT2D eigenvalue weighted by Gasteiger charge is -2.29. The molecule has 9 heteroatoms. The SMILES string of the molecule is NC(=O)NCC1CCN(c2nc(-c3ccc(N4CCOCC4)cc3)cc3nccnc23)C1. The van der Waals surface area contributed by atoms with Gasteiger partial charge >= 0.3 is 6.03 Å². The summed E-state index contributed by atoms with van der Waals surface area (Å²) in [6.07, 6.45) is 4.37. The number of aromatic nitrogens is 3. The van der Waals surface area contributed by atoms with Crippen LogP contribution in [-0.2, 0) is 4.74 Å². The molecule has 166 valence electrons. The van der Waals surface area contributed by atoms with Crippen molar-refractivity contribution in [1.29, 1.82) is 0 Å². The number of anilines is 2. The maximum absolute atomic E-state index is 11.1. The summed E-state index contributed by atoms with van der Waals surface area (Å²) in [5.74, 6) is 1.16. The van der Waals surface area contributed by atoms with Gasteiger partial charge in [0.15, 0.2) is 5.82 Å². The van der Waals surface area contributed by atoms with E-state index >= 15 is 0 Å². The van der Waals surface area contributed by atoms with Crippen molar-refractivity contribution in [2.75, 3.05) is 55.7 Å². The van der Waals surface area contributed by atoms with E-state index in [1.165, 1.54) is 5.69 Å². The number of nitrogens with one attached hydrogen (secondary N) is 1. The summed E-state index contributed by atoms with van der Waals surface area (Å²) in [7, 11) is 0. The minimum atomic E-state index is -0.486. The average molecular weight is 434 g/mol. The lowest BCUT2D eigenvalue weighted by molar-refractivity contribution is 0.122. The summed E-state index contributed by atoms with van der Waals surface area (Å²) < 4.78 is 5.46. The second-order valence-corrected chi connectivity index (χ2v) is 8.25. The molecule has 32 heavy (non-hydrogen) atoms. The zero-order valence-electron chi connectivity index (χ0n) is 17.9. The van der Waals surface area contributed by atoms with Gasteiger partial charge in [-0.1, -0.05) is 12.1 Å². The molecular weight excluding hydrogens is 406 g/mol. The Morgan fingerprint density at radius 2 is 1.88 bits per heavy atom. The fourth-order valence-corrected chi connectivity index (χ4v) is 4.43. The largest absolute Gasteiger partial charge is 0.378 e. The van der Waals surface area contributed by atoms with Crippen LogP contribution in [0.15, 0.2) is 42.7 Å². The number of fused-ring (bicyclic) bond motifs is 1. The maximum Gasteiger partial charge on any atom is 0.312 e. The summed E-state index contributed by atoms with van der Waals surface area (Å²) in [5, 5.41) is 2.72. The summed E-state index contributed by atoms with van der Waals surface area (Å²) in [6.45, 7) is 5.56. The van der Waals surface area contributed by atoms with Gasteiger partial charge in [-0.3, -0.25) is 4.98 Å². The highest BCUT2D eigenvalue weighted by Crippen LogP contribution is 2.31. The lowest BCUT2D eigenvalue weighted by atomic mass is 10.1. The van der Waals surface area contributed by atoms with Crippen molar-refractivity contribution in [3.05, 3.63) is 42.7 Å². The number of hydrogen-bond donors (Lipinski definition) is 2. The third kappa shape index (κ3) is 4.29. The number of primary amides is 1. The fraction of sp³-hybridized carbons (Fsp3) is 0.391. The average Bonchev–Trinajstić information content (AvgIpc) is 3.32. The number of amides is 2. The van der Waals surface area contributed by atoms with Crippen LogP contribution in [0.3, 0.4) is 0 Å². The zero-order valence-corrected chi connectivity index (χ0v) is 17.9. The smallest absolute Gasteiger partial charge is 0.312 e. The first-order chi connectivity index (χ1) is 15.7. The molecule has 2 aliphatic heterocycles. The van der Waals surface area contributed by atoms with Gasteiger partial charge in [0.2, 0.25) is 0 Å². The summed E-state index contributed by atoms with van der Waals surface area (Å²) in [5.41, 5.74) is 9.96. The van der Waals surface area contributed by atoms with Gasteiger partial charge in [-0.25, -0.2) is 14.8 Å². The Balaban J connectivity index is 1.43. The number of urea groups is 1.